The molecule has 24 heavy (non-hydrogen) atoms. The highest BCUT2D eigenvalue weighted by Crippen LogP contribution is 2.69. The number of halogens is 9. The molecule has 3 nitrogen and oxygen atoms in total. The fourth-order valence-electron chi connectivity index (χ4n) is 1.92. The van der Waals surface area contributed by atoms with E-state index in [1.165, 1.54) is 0 Å². The largest absolute Gasteiger partial charge is 0.502 e. The summed E-state index contributed by atoms with van der Waals surface area (Å²) in [7, 11) is 0. The van der Waals surface area contributed by atoms with Crippen LogP contribution in [0.25, 0.3) is 0 Å². The molecule has 0 saturated heterocycles. The number of ether oxygens (including phenoxy) is 2. The van der Waals surface area contributed by atoms with Gasteiger partial charge in [-0.15, -0.1) is 0 Å². The number of unbranched alkanes of at least 4 members (excludes halogenated alkanes) is 1. The summed E-state index contributed by atoms with van der Waals surface area (Å²) in [4.78, 5) is 11.2. The van der Waals surface area contributed by atoms with Crippen LogP contribution in [0.1, 0.15) is 12.8 Å². The van der Waals surface area contributed by atoms with Crippen LogP contribution >= 0.6 is 0 Å². The number of hydrogen-bond donors (Lipinski definition) is 0. The van der Waals surface area contributed by atoms with Crippen molar-refractivity contribution in [2.24, 2.45) is 0 Å². The molecule has 0 heterocycles. The molecule has 0 amide bonds. The summed E-state index contributed by atoms with van der Waals surface area (Å²) in [6, 6.07) is 0. The third-order valence-corrected chi connectivity index (χ3v) is 3.34. The minimum atomic E-state index is -6.80. The Labute approximate surface area is 129 Å². The second-order valence-electron chi connectivity index (χ2n) is 4.84. The highest BCUT2D eigenvalue weighted by atomic mass is 19.4. The summed E-state index contributed by atoms with van der Waals surface area (Å²) in [6.07, 6.45) is 0.865. The van der Waals surface area contributed by atoms with E-state index >= 15 is 0 Å². The van der Waals surface area contributed by atoms with E-state index in [-0.39, 0.29) is 19.4 Å². The van der Waals surface area contributed by atoms with Crippen LogP contribution < -0.4 is 0 Å². The Kier molecular flexibility index (Phi) is 5.13. The smallest absolute Gasteiger partial charge is 0.382 e. The first kappa shape index (κ1) is 20.4. The van der Waals surface area contributed by atoms with Gasteiger partial charge in [-0.3, -0.25) is 0 Å². The van der Waals surface area contributed by atoms with Crippen molar-refractivity contribution in [1.29, 1.82) is 0 Å². The van der Waals surface area contributed by atoms with E-state index in [0.717, 1.165) is 6.26 Å². The van der Waals surface area contributed by atoms with Crippen molar-refractivity contribution in [2.45, 2.75) is 42.2 Å². The monoisotopic (exact) mass is 374 g/mol. The van der Waals surface area contributed by atoms with Crippen molar-refractivity contribution in [2.75, 3.05) is 13.2 Å². The lowest BCUT2D eigenvalue weighted by Gasteiger charge is -2.28. The molecule has 0 unspecified atom stereocenters. The predicted octanol–water partition coefficient (Wildman–Crippen LogP) is 3.73. The van der Waals surface area contributed by atoms with Crippen molar-refractivity contribution >= 4 is 5.97 Å². The van der Waals surface area contributed by atoms with Gasteiger partial charge in [-0.25, -0.2) is 9.18 Å². The molecule has 1 rings (SSSR count). The summed E-state index contributed by atoms with van der Waals surface area (Å²) in [5.41, 5.74) is -6.22. The van der Waals surface area contributed by atoms with E-state index in [4.69, 9.17) is 0 Å². The molecule has 1 fully saturated rings. The van der Waals surface area contributed by atoms with Crippen LogP contribution in [0.15, 0.2) is 12.8 Å². The fraction of sp³-hybridized carbons (Fsp3) is 0.750. The molecule has 0 atom stereocenters. The van der Waals surface area contributed by atoms with Gasteiger partial charge >= 0.3 is 35.3 Å². The molecule has 0 aliphatic heterocycles. The van der Waals surface area contributed by atoms with Crippen LogP contribution in [0.2, 0.25) is 0 Å². The van der Waals surface area contributed by atoms with E-state index in [9.17, 15) is 44.3 Å². The van der Waals surface area contributed by atoms with Gasteiger partial charge in [0.05, 0.1) is 19.5 Å². The molecule has 140 valence electrons. The summed E-state index contributed by atoms with van der Waals surface area (Å²) in [6.45, 7) is 2.20. The average Bonchev–Trinajstić information content (AvgIpc) is 2.52. The SMILES string of the molecule is C=COCCCCOC(=O)C1(F)C(F)(F)C(F)(F)C(F)(F)C1(F)F. The average molecular weight is 374 g/mol. The lowest BCUT2D eigenvalue weighted by Crippen LogP contribution is -2.60. The Hall–Kier alpha value is -1.62. The molecule has 0 bridgehead atoms. The van der Waals surface area contributed by atoms with Crippen LogP contribution in [0.4, 0.5) is 39.5 Å². The lowest BCUT2D eigenvalue weighted by atomic mass is 9.97. The van der Waals surface area contributed by atoms with Gasteiger partial charge in [0.15, 0.2) is 0 Å². The molecule has 0 aromatic heterocycles. The third kappa shape index (κ3) is 2.32. The van der Waals surface area contributed by atoms with E-state index in [2.05, 4.69) is 16.1 Å². The maximum Gasteiger partial charge on any atom is 0.382 e. The zero-order chi connectivity index (χ0) is 19.0. The quantitative estimate of drug-likeness (QED) is 0.295. The first-order valence-electron chi connectivity index (χ1n) is 6.33. The molecule has 0 N–H and O–H groups in total. The molecular formula is C12H11F9O3. The van der Waals surface area contributed by atoms with E-state index in [1.54, 1.807) is 0 Å². The van der Waals surface area contributed by atoms with Crippen molar-refractivity contribution in [1.82, 2.24) is 0 Å². The molecular weight excluding hydrogens is 363 g/mol. The highest BCUT2D eigenvalue weighted by molar-refractivity contribution is 5.84. The lowest BCUT2D eigenvalue weighted by molar-refractivity contribution is -0.303. The summed E-state index contributed by atoms with van der Waals surface area (Å²) < 4.78 is 127. The van der Waals surface area contributed by atoms with Crippen molar-refractivity contribution in [3.05, 3.63) is 12.8 Å². The number of alkyl halides is 9. The molecule has 0 aromatic rings. The van der Waals surface area contributed by atoms with Gasteiger partial charge in [-0.2, -0.15) is 35.1 Å². The molecule has 0 aromatic carbocycles. The van der Waals surface area contributed by atoms with Crippen molar-refractivity contribution < 1.29 is 53.8 Å². The Morgan fingerprint density at radius 2 is 1.21 bits per heavy atom. The van der Waals surface area contributed by atoms with Crippen molar-refractivity contribution in [3.8, 4) is 0 Å². The minimum Gasteiger partial charge on any atom is -0.502 e. The maximum atomic E-state index is 13.9. The minimum absolute atomic E-state index is 0.00964. The normalized spacial score (nSPS) is 25.0. The van der Waals surface area contributed by atoms with Gasteiger partial charge in [0.2, 0.25) is 0 Å². The van der Waals surface area contributed by atoms with Crippen molar-refractivity contribution in [3.63, 3.8) is 0 Å². The van der Waals surface area contributed by atoms with Crippen LogP contribution in [-0.2, 0) is 14.3 Å². The molecule has 1 aliphatic carbocycles. The summed E-state index contributed by atoms with van der Waals surface area (Å²) in [5.74, 6) is -30.2. The number of carbonyl (C=O) groups is 1. The standard InChI is InChI=1S/C12H11F9O3/c1-2-23-5-3-4-6-24-7(22)8(13)9(14,15)11(18,19)12(20,21)10(8,16)17/h2H,1,3-6H2. The zero-order valence-electron chi connectivity index (χ0n) is 11.7. The molecule has 12 heteroatoms. The van der Waals surface area contributed by atoms with Gasteiger partial charge in [-0.05, 0) is 12.8 Å². The second kappa shape index (κ2) is 6.03. The predicted molar refractivity (Wildman–Crippen MR) is 60.0 cm³/mol. The second-order valence-corrected chi connectivity index (χ2v) is 4.84. The van der Waals surface area contributed by atoms with Crippen LogP contribution in [-0.4, -0.2) is 48.5 Å². The molecule has 0 spiro atoms. The van der Waals surface area contributed by atoms with Gasteiger partial charge in [0, 0.05) is 0 Å². The third-order valence-electron chi connectivity index (χ3n) is 3.34. The van der Waals surface area contributed by atoms with Gasteiger partial charge < -0.3 is 9.47 Å². The summed E-state index contributed by atoms with van der Waals surface area (Å²) in [5, 5.41) is 0. The van der Waals surface area contributed by atoms with Crippen LogP contribution in [0, 0.1) is 0 Å². The fourth-order valence-corrected chi connectivity index (χ4v) is 1.92. The first-order chi connectivity index (χ1) is 10.7. The molecule has 1 saturated carbocycles. The maximum absolute atomic E-state index is 13.9. The highest BCUT2D eigenvalue weighted by Gasteiger charge is 3.03. The Morgan fingerprint density at radius 1 is 0.792 bits per heavy atom. The topological polar surface area (TPSA) is 35.5 Å². The van der Waals surface area contributed by atoms with E-state index in [0.29, 0.717) is 0 Å². The summed E-state index contributed by atoms with van der Waals surface area (Å²) >= 11 is 0. The van der Waals surface area contributed by atoms with Gasteiger partial charge in [0.25, 0.3) is 0 Å². The molecule has 0 radical (unpaired) electrons. The van der Waals surface area contributed by atoms with E-state index < -0.39 is 41.9 Å². The van der Waals surface area contributed by atoms with E-state index in [1.807, 2.05) is 0 Å². The number of esters is 1. The Bertz CT molecular complexity index is 478. The van der Waals surface area contributed by atoms with Crippen LogP contribution in [0.3, 0.4) is 0 Å². The Balaban J connectivity index is 2.98. The number of hydrogen-bond acceptors (Lipinski definition) is 3. The van der Waals surface area contributed by atoms with Gasteiger partial charge in [-0.1, -0.05) is 6.58 Å². The molecule has 1 aliphatic rings. The Morgan fingerprint density at radius 3 is 1.62 bits per heavy atom. The number of rotatable bonds is 7. The number of carbonyl (C=O) groups excluding carboxylic acids is 1. The van der Waals surface area contributed by atoms with Crippen LogP contribution in [0.5, 0.6) is 0 Å². The first-order valence-corrected chi connectivity index (χ1v) is 6.33. The van der Waals surface area contributed by atoms with Gasteiger partial charge in [0.1, 0.15) is 0 Å². The zero-order valence-corrected chi connectivity index (χ0v) is 11.7.